The molecule has 0 aromatic rings. The van der Waals surface area contributed by atoms with Crippen molar-refractivity contribution in [2.45, 2.75) is 18.9 Å². The zero-order valence-electron chi connectivity index (χ0n) is 10.1. The highest BCUT2D eigenvalue weighted by molar-refractivity contribution is 5.78. The number of hydrogen-bond acceptors (Lipinski definition) is 4. The van der Waals surface area contributed by atoms with Gasteiger partial charge >= 0.3 is 0 Å². The van der Waals surface area contributed by atoms with E-state index in [-0.39, 0.29) is 5.91 Å². The van der Waals surface area contributed by atoms with E-state index in [1.165, 1.54) is 0 Å². The predicted molar refractivity (Wildman–Crippen MR) is 61.8 cm³/mol. The molecule has 5 nitrogen and oxygen atoms in total. The molecule has 1 aliphatic rings. The van der Waals surface area contributed by atoms with Crippen LogP contribution in [0.2, 0.25) is 0 Å². The molecular formula is C11H20N4O. The summed E-state index contributed by atoms with van der Waals surface area (Å²) in [6.07, 6.45) is 1.50. The SMILES string of the molecule is CN(CCC#N)C(=O)CN(C)C1CCNC1. The smallest absolute Gasteiger partial charge is 0.236 e. The van der Waals surface area contributed by atoms with Gasteiger partial charge in [0.25, 0.3) is 0 Å². The molecule has 90 valence electrons. The number of nitriles is 1. The Morgan fingerprint density at radius 1 is 1.56 bits per heavy atom. The minimum Gasteiger partial charge on any atom is -0.344 e. The number of likely N-dealkylation sites (N-methyl/N-ethyl adjacent to an activating group) is 2. The third-order valence-electron chi connectivity index (χ3n) is 3.03. The Balaban J connectivity index is 2.29. The Morgan fingerprint density at radius 2 is 2.31 bits per heavy atom. The molecule has 0 bridgehead atoms. The maximum absolute atomic E-state index is 11.8. The third kappa shape index (κ3) is 3.80. The number of carbonyl (C=O) groups excluding carboxylic acids is 1. The molecule has 1 saturated heterocycles. The van der Waals surface area contributed by atoms with Crippen LogP contribution in [-0.4, -0.2) is 62.0 Å². The number of rotatable bonds is 5. The van der Waals surface area contributed by atoms with Crippen LogP contribution in [0.5, 0.6) is 0 Å². The molecule has 0 aromatic heterocycles. The topological polar surface area (TPSA) is 59.4 Å². The van der Waals surface area contributed by atoms with Crippen LogP contribution in [0, 0.1) is 11.3 Å². The molecule has 5 heteroatoms. The predicted octanol–water partition coefficient (Wildman–Crippen LogP) is -0.348. The second-order valence-electron chi connectivity index (χ2n) is 4.29. The Hall–Kier alpha value is -1.12. The number of carbonyl (C=O) groups is 1. The lowest BCUT2D eigenvalue weighted by atomic mass is 10.2. The quantitative estimate of drug-likeness (QED) is 0.693. The molecule has 1 fully saturated rings. The van der Waals surface area contributed by atoms with Gasteiger partial charge in [-0.1, -0.05) is 0 Å². The molecule has 0 aromatic carbocycles. The zero-order chi connectivity index (χ0) is 12.0. The van der Waals surface area contributed by atoms with E-state index in [9.17, 15) is 4.79 Å². The van der Waals surface area contributed by atoms with Crippen LogP contribution in [0.1, 0.15) is 12.8 Å². The van der Waals surface area contributed by atoms with Gasteiger partial charge in [0, 0.05) is 26.2 Å². The van der Waals surface area contributed by atoms with Gasteiger partial charge in [-0.3, -0.25) is 9.69 Å². The van der Waals surface area contributed by atoms with Crippen LogP contribution in [-0.2, 0) is 4.79 Å². The first-order valence-corrected chi connectivity index (χ1v) is 5.67. The Labute approximate surface area is 97.0 Å². The van der Waals surface area contributed by atoms with Gasteiger partial charge in [-0.15, -0.1) is 0 Å². The molecule has 0 radical (unpaired) electrons. The minimum atomic E-state index is 0.0876. The summed E-state index contributed by atoms with van der Waals surface area (Å²) in [5.41, 5.74) is 0. The van der Waals surface area contributed by atoms with Crippen molar-refractivity contribution in [1.29, 1.82) is 5.26 Å². The molecule has 0 aliphatic carbocycles. The molecule has 1 aliphatic heterocycles. The summed E-state index contributed by atoms with van der Waals surface area (Å²) in [5.74, 6) is 0.0876. The van der Waals surface area contributed by atoms with E-state index >= 15 is 0 Å². The molecule has 1 amide bonds. The van der Waals surface area contributed by atoms with E-state index in [4.69, 9.17) is 5.26 Å². The normalized spacial score (nSPS) is 19.8. The van der Waals surface area contributed by atoms with E-state index in [1.807, 2.05) is 13.1 Å². The Kier molecular flexibility index (Phi) is 5.23. The van der Waals surface area contributed by atoms with Gasteiger partial charge in [-0.05, 0) is 20.0 Å². The molecule has 16 heavy (non-hydrogen) atoms. The molecule has 0 spiro atoms. The van der Waals surface area contributed by atoms with Gasteiger partial charge in [-0.2, -0.15) is 5.26 Å². The summed E-state index contributed by atoms with van der Waals surface area (Å²) < 4.78 is 0. The van der Waals surface area contributed by atoms with Crippen molar-refractivity contribution in [3.05, 3.63) is 0 Å². The van der Waals surface area contributed by atoms with Crippen LogP contribution in [0.4, 0.5) is 0 Å². The largest absolute Gasteiger partial charge is 0.344 e. The first-order valence-electron chi connectivity index (χ1n) is 5.67. The average Bonchev–Trinajstić information content (AvgIpc) is 2.79. The monoisotopic (exact) mass is 224 g/mol. The van der Waals surface area contributed by atoms with Gasteiger partial charge in [-0.25, -0.2) is 0 Å². The summed E-state index contributed by atoms with van der Waals surface area (Å²) in [5, 5.41) is 11.7. The molecule has 1 unspecified atom stereocenters. The number of nitrogens with zero attached hydrogens (tertiary/aromatic N) is 3. The van der Waals surface area contributed by atoms with Crippen molar-refractivity contribution in [3.8, 4) is 6.07 Å². The summed E-state index contributed by atoms with van der Waals surface area (Å²) in [7, 11) is 3.73. The van der Waals surface area contributed by atoms with Gasteiger partial charge in [0.2, 0.25) is 5.91 Å². The van der Waals surface area contributed by atoms with E-state index in [0.29, 0.717) is 25.6 Å². The average molecular weight is 224 g/mol. The van der Waals surface area contributed by atoms with Crippen LogP contribution in [0.3, 0.4) is 0 Å². The fourth-order valence-corrected chi connectivity index (χ4v) is 1.82. The highest BCUT2D eigenvalue weighted by Gasteiger charge is 2.21. The van der Waals surface area contributed by atoms with Crippen molar-refractivity contribution >= 4 is 5.91 Å². The lowest BCUT2D eigenvalue weighted by molar-refractivity contribution is -0.131. The van der Waals surface area contributed by atoms with Gasteiger partial charge in [0.1, 0.15) is 0 Å². The second-order valence-corrected chi connectivity index (χ2v) is 4.29. The molecule has 1 rings (SSSR count). The Morgan fingerprint density at radius 3 is 2.88 bits per heavy atom. The van der Waals surface area contributed by atoms with E-state index in [1.54, 1.807) is 11.9 Å². The lowest BCUT2D eigenvalue weighted by Gasteiger charge is -2.25. The van der Waals surface area contributed by atoms with Crippen molar-refractivity contribution in [2.24, 2.45) is 0 Å². The third-order valence-corrected chi connectivity index (χ3v) is 3.03. The fourth-order valence-electron chi connectivity index (χ4n) is 1.82. The van der Waals surface area contributed by atoms with Crippen LogP contribution < -0.4 is 5.32 Å². The summed E-state index contributed by atoms with van der Waals surface area (Å²) >= 11 is 0. The first-order chi connectivity index (χ1) is 7.65. The Bertz CT molecular complexity index is 268. The molecular weight excluding hydrogens is 204 g/mol. The molecule has 1 atom stereocenters. The molecule has 1 N–H and O–H groups in total. The van der Waals surface area contributed by atoms with E-state index in [0.717, 1.165) is 19.5 Å². The van der Waals surface area contributed by atoms with Crippen molar-refractivity contribution in [3.63, 3.8) is 0 Å². The standard InChI is InChI=1S/C11H20N4O/c1-14(7-3-5-12)11(16)9-15(2)10-4-6-13-8-10/h10,13H,3-4,6-9H2,1-2H3. The fraction of sp³-hybridized carbons (Fsp3) is 0.818. The summed E-state index contributed by atoms with van der Waals surface area (Å²) in [4.78, 5) is 15.5. The van der Waals surface area contributed by atoms with Crippen LogP contribution in [0.25, 0.3) is 0 Å². The van der Waals surface area contributed by atoms with Crippen LogP contribution in [0.15, 0.2) is 0 Å². The van der Waals surface area contributed by atoms with E-state index in [2.05, 4.69) is 10.2 Å². The molecule has 0 saturated carbocycles. The lowest BCUT2D eigenvalue weighted by Crippen LogP contribution is -2.42. The summed E-state index contributed by atoms with van der Waals surface area (Å²) in [6.45, 7) is 2.96. The van der Waals surface area contributed by atoms with Crippen LogP contribution >= 0.6 is 0 Å². The van der Waals surface area contributed by atoms with Gasteiger partial charge < -0.3 is 10.2 Å². The maximum atomic E-state index is 11.8. The highest BCUT2D eigenvalue weighted by atomic mass is 16.2. The highest BCUT2D eigenvalue weighted by Crippen LogP contribution is 2.06. The maximum Gasteiger partial charge on any atom is 0.236 e. The number of amides is 1. The van der Waals surface area contributed by atoms with Crippen molar-refractivity contribution in [1.82, 2.24) is 15.1 Å². The van der Waals surface area contributed by atoms with Crippen molar-refractivity contribution < 1.29 is 4.79 Å². The summed E-state index contributed by atoms with van der Waals surface area (Å²) in [6, 6.07) is 2.51. The zero-order valence-corrected chi connectivity index (χ0v) is 10.1. The second kappa shape index (κ2) is 6.46. The minimum absolute atomic E-state index is 0.0876. The van der Waals surface area contributed by atoms with Gasteiger partial charge in [0.15, 0.2) is 0 Å². The number of nitrogens with one attached hydrogen (secondary N) is 1. The van der Waals surface area contributed by atoms with Crippen molar-refractivity contribution in [2.75, 3.05) is 40.3 Å². The van der Waals surface area contributed by atoms with E-state index < -0.39 is 0 Å². The van der Waals surface area contributed by atoms with Gasteiger partial charge in [0.05, 0.1) is 19.0 Å². The molecule has 1 heterocycles. The first kappa shape index (κ1) is 12.9. The number of hydrogen-bond donors (Lipinski definition) is 1.